The lowest BCUT2D eigenvalue weighted by atomic mass is 10.1. The molecule has 1 aromatic heterocycles. The quantitative estimate of drug-likeness (QED) is 0.271. The van der Waals surface area contributed by atoms with E-state index in [1.54, 1.807) is 89.2 Å². The summed E-state index contributed by atoms with van der Waals surface area (Å²) < 4.78 is 22.8. The molecule has 3 aromatic carbocycles. The summed E-state index contributed by atoms with van der Waals surface area (Å²) in [4.78, 5) is 28.4. The third-order valence-corrected chi connectivity index (χ3v) is 5.68. The van der Waals surface area contributed by atoms with Gasteiger partial charge in [-0.05, 0) is 54.1 Å². The van der Waals surface area contributed by atoms with Crippen LogP contribution in [0, 0.1) is 0 Å². The molecule has 1 heterocycles. The molecular weight excluding hydrogens is 460 g/mol. The average molecular weight is 487 g/mol. The minimum absolute atomic E-state index is 0.206. The molecule has 0 unspecified atom stereocenters. The van der Waals surface area contributed by atoms with Crippen LogP contribution in [0.1, 0.15) is 15.9 Å². The molecule has 0 amide bonds. The molecule has 0 spiro atoms. The second-order valence-electron chi connectivity index (χ2n) is 7.75. The van der Waals surface area contributed by atoms with Crippen LogP contribution in [0.2, 0.25) is 0 Å². The lowest BCUT2D eigenvalue weighted by molar-refractivity contribution is 0.104. The molecule has 0 aliphatic carbocycles. The highest BCUT2D eigenvalue weighted by atomic mass is 16.5. The number of hydrogen-bond donors (Lipinski definition) is 1. The molecule has 0 fully saturated rings. The minimum atomic E-state index is -0.328. The fourth-order valence-electron chi connectivity index (χ4n) is 3.86. The Morgan fingerprint density at radius 3 is 2.17 bits per heavy atom. The van der Waals surface area contributed by atoms with E-state index in [-0.39, 0.29) is 11.5 Å². The normalized spacial score (nSPS) is 10.9. The van der Waals surface area contributed by atoms with Crippen molar-refractivity contribution in [1.29, 1.82) is 0 Å². The summed E-state index contributed by atoms with van der Waals surface area (Å²) in [5.74, 6) is 2.10. The van der Waals surface area contributed by atoms with Crippen LogP contribution in [-0.4, -0.2) is 43.8 Å². The zero-order valence-electron chi connectivity index (χ0n) is 20.4. The summed E-state index contributed by atoms with van der Waals surface area (Å²) in [6.07, 6.45) is 4.80. The van der Waals surface area contributed by atoms with Crippen molar-refractivity contribution in [2.24, 2.45) is 0 Å². The molecule has 0 aliphatic rings. The molecule has 0 saturated heterocycles. The number of ether oxygens (including phenoxy) is 4. The monoisotopic (exact) mass is 486 g/mol. The smallest absolute Gasteiger partial charge is 0.330 e. The zero-order chi connectivity index (χ0) is 25.7. The molecule has 4 rings (SSSR count). The molecule has 0 radical (unpaired) electrons. The Hall–Kier alpha value is -4.72. The van der Waals surface area contributed by atoms with Crippen LogP contribution in [0.5, 0.6) is 23.0 Å². The van der Waals surface area contributed by atoms with E-state index in [1.807, 2.05) is 12.1 Å². The molecule has 0 aliphatic heterocycles. The van der Waals surface area contributed by atoms with E-state index in [4.69, 9.17) is 18.9 Å². The predicted molar refractivity (Wildman–Crippen MR) is 138 cm³/mol. The van der Waals surface area contributed by atoms with Crippen LogP contribution in [0.25, 0.3) is 23.0 Å². The first-order valence-electron chi connectivity index (χ1n) is 11.1. The highest BCUT2D eigenvalue weighted by Gasteiger charge is 2.15. The van der Waals surface area contributed by atoms with Gasteiger partial charge in [0.25, 0.3) is 0 Å². The van der Waals surface area contributed by atoms with Crippen LogP contribution >= 0.6 is 0 Å². The first kappa shape index (κ1) is 24.4. The highest BCUT2D eigenvalue weighted by molar-refractivity contribution is 6.07. The van der Waals surface area contributed by atoms with E-state index in [9.17, 15) is 9.59 Å². The van der Waals surface area contributed by atoms with Crippen molar-refractivity contribution in [1.82, 2.24) is 9.55 Å². The number of carbonyl (C=O) groups excluding carboxylic acids is 1. The van der Waals surface area contributed by atoms with Crippen molar-refractivity contribution in [3.8, 4) is 39.9 Å². The molecule has 8 nitrogen and oxygen atoms in total. The van der Waals surface area contributed by atoms with Crippen LogP contribution < -0.4 is 24.6 Å². The Morgan fingerprint density at radius 1 is 0.806 bits per heavy atom. The van der Waals surface area contributed by atoms with Gasteiger partial charge in [0.1, 0.15) is 0 Å². The number of H-pyrrole nitrogens is 1. The molecule has 8 heteroatoms. The minimum Gasteiger partial charge on any atom is -0.493 e. The molecule has 36 heavy (non-hydrogen) atoms. The van der Waals surface area contributed by atoms with Crippen molar-refractivity contribution in [2.45, 2.75) is 0 Å². The van der Waals surface area contributed by atoms with Gasteiger partial charge in [-0.25, -0.2) is 4.79 Å². The summed E-state index contributed by atoms with van der Waals surface area (Å²) >= 11 is 0. The largest absolute Gasteiger partial charge is 0.493 e. The van der Waals surface area contributed by atoms with E-state index in [0.29, 0.717) is 39.9 Å². The van der Waals surface area contributed by atoms with Gasteiger partial charge < -0.3 is 23.9 Å². The van der Waals surface area contributed by atoms with Gasteiger partial charge in [0, 0.05) is 17.3 Å². The van der Waals surface area contributed by atoms with Gasteiger partial charge in [-0.2, -0.15) is 0 Å². The number of carbonyl (C=O) groups is 1. The first-order chi connectivity index (χ1) is 17.5. The Morgan fingerprint density at radius 2 is 1.47 bits per heavy atom. The van der Waals surface area contributed by atoms with Gasteiger partial charge in [-0.1, -0.05) is 24.3 Å². The van der Waals surface area contributed by atoms with Crippen LogP contribution in [0.15, 0.2) is 77.7 Å². The molecule has 0 atom stereocenters. The molecule has 1 N–H and O–H groups in total. The fourth-order valence-corrected chi connectivity index (χ4v) is 3.86. The average Bonchev–Trinajstić information content (AvgIpc) is 3.32. The van der Waals surface area contributed by atoms with Crippen molar-refractivity contribution >= 4 is 11.9 Å². The number of methoxy groups -OCH3 is 4. The number of rotatable bonds is 9. The Balaban J connectivity index is 1.65. The number of hydrogen-bond acceptors (Lipinski definition) is 6. The van der Waals surface area contributed by atoms with Gasteiger partial charge in [0.15, 0.2) is 28.8 Å². The third kappa shape index (κ3) is 4.88. The molecule has 184 valence electrons. The van der Waals surface area contributed by atoms with Crippen LogP contribution in [0.4, 0.5) is 0 Å². The van der Waals surface area contributed by atoms with Gasteiger partial charge in [-0.15, -0.1) is 0 Å². The van der Waals surface area contributed by atoms with Gasteiger partial charge in [-0.3, -0.25) is 9.36 Å². The summed E-state index contributed by atoms with van der Waals surface area (Å²) in [7, 11) is 6.24. The standard InChI is InChI=1S/C28H26N2O6/c1-33-24-12-9-18(14-26(24)35-3)8-11-23(31)20-6-5-7-21(15-20)30-22(17-29-28(30)32)19-10-13-25(34-2)27(16-19)36-4/h5-17H,1-4H3,(H,29,32). The lowest BCUT2D eigenvalue weighted by Gasteiger charge is -2.12. The first-order valence-corrected chi connectivity index (χ1v) is 11.1. The maximum Gasteiger partial charge on any atom is 0.330 e. The van der Waals surface area contributed by atoms with Crippen molar-refractivity contribution in [2.75, 3.05) is 28.4 Å². The van der Waals surface area contributed by atoms with E-state index in [1.165, 1.54) is 10.6 Å². The summed E-state index contributed by atoms with van der Waals surface area (Å²) in [6.45, 7) is 0. The maximum atomic E-state index is 12.9. The number of allylic oxidation sites excluding steroid dienone is 1. The van der Waals surface area contributed by atoms with E-state index >= 15 is 0 Å². The molecule has 4 aromatic rings. The number of aromatic nitrogens is 2. The van der Waals surface area contributed by atoms with Gasteiger partial charge in [0.05, 0.1) is 39.8 Å². The number of aromatic amines is 1. The lowest BCUT2D eigenvalue weighted by Crippen LogP contribution is -2.16. The highest BCUT2D eigenvalue weighted by Crippen LogP contribution is 2.32. The number of imidazole rings is 1. The zero-order valence-corrected chi connectivity index (χ0v) is 20.4. The van der Waals surface area contributed by atoms with E-state index < -0.39 is 0 Å². The van der Waals surface area contributed by atoms with E-state index in [0.717, 1.165) is 11.1 Å². The van der Waals surface area contributed by atoms with Gasteiger partial charge in [0.2, 0.25) is 0 Å². The number of nitrogens with zero attached hydrogens (tertiary/aromatic N) is 1. The second-order valence-corrected chi connectivity index (χ2v) is 7.75. The fraction of sp³-hybridized carbons (Fsp3) is 0.143. The Kier molecular flexibility index (Phi) is 7.25. The van der Waals surface area contributed by atoms with Crippen molar-refractivity contribution < 1.29 is 23.7 Å². The number of ketones is 1. The van der Waals surface area contributed by atoms with Gasteiger partial charge >= 0.3 is 5.69 Å². The molecule has 0 bridgehead atoms. The Bertz CT molecular complexity index is 1480. The molecule has 0 saturated carbocycles. The maximum absolute atomic E-state index is 12.9. The SMILES string of the molecule is COc1ccc(C=CC(=O)c2cccc(-n3c(-c4ccc(OC)c(OC)c4)c[nH]c3=O)c2)cc1OC. The summed E-state index contributed by atoms with van der Waals surface area (Å²) in [6, 6.07) is 17.7. The third-order valence-electron chi connectivity index (χ3n) is 5.68. The topological polar surface area (TPSA) is 91.8 Å². The Labute approximate surface area is 208 Å². The second kappa shape index (κ2) is 10.7. The number of benzene rings is 3. The van der Waals surface area contributed by atoms with E-state index in [2.05, 4.69) is 4.98 Å². The molecular formula is C28H26N2O6. The number of nitrogens with one attached hydrogen (secondary N) is 1. The summed E-state index contributed by atoms with van der Waals surface area (Å²) in [5, 5.41) is 0. The van der Waals surface area contributed by atoms with Crippen LogP contribution in [-0.2, 0) is 0 Å². The summed E-state index contributed by atoms with van der Waals surface area (Å²) in [5.41, 5.74) is 2.81. The van der Waals surface area contributed by atoms with Crippen LogP contribution in [0.3, 0.4) is 0 Å². The van der Waals surface area contributed by atoms with Crippen molar-refractivity contribution in [3.63, 3.8) is 0 Å². The predicted octanol–water partition coefficient (Wildman–Crippen LogP) is 4.76. The van der Waals surface area contributed by atoms with Crippen molar-refractivity contribution in [3.05, 3.63) is 94.5 Å².